The lowest BCUT2D eigenvalue weighted by molar-refractivity contribution is 0.0684. The number of benzene rings is 3. The molecule has 3 aromatic carbocycles. The molecule has 0 bridgehead atoms. The van der Waals surface area contributed by atoms with Crippen molar-refractivity contribution in [2.75, 3.05) is 7.11 Å². The van der Waals surface area contributed by atoms with Crippen LogP contribution >= 0.6 is 0 Å². The Hall–Kier alpha value is -3.57. The van der Waals surface area contributed by atoms with Crippen molar-refractivity contribution < 1.29 is 14.6 Å². The average molecular weight is 429 g/mol. The topological polar surface area (TPSA) is 63.5 Å². The largest absolute Gasteiger partial charge is 0.497 e. The fourth-order valence-electron chi connectivity index (χ4n) is 4.10. The lowest BCUT2D eigenvalue weighted by atomic mass is 10.1. The number of aromatic carboxylic acids is 1. The molecule has 0 aliphatic carbocycles. The Balaban J connectivity index is 1.63. The zero-order valence-electron chi connectivity index (χ0n) is 18.5. The van der Waals surface area contributed by atoms with Crippen molar-refractivity contribution in [3.05, 3.63) is 101 Å². The van der Waals surface area contributed by atoms with Gasteiger partial charge in [0.1, 0.15) is 11.4 Å². The second-order valence-electron chi connectivity index (χ2n) is 7.86. The summed E-state index contributed by atoms with van der Waals surface area (Å²) in [4.78, 5) is 12.3. The van der Waals surface area contributed by atoms with Gasteiger partial charge in [-0.05, 0) is 41.3 Å². The zero-order chi connectivity index (χ0) is 22.5. The molecule has 1 aromatic heterocycles. The smallest absolute Gasteiger partial charge is 0.352 e. The van der Waals surface area contributed by atoms with Crippen molar-refractivity contribution in [1.29, 1.82) is 0 Å². The number of carboxylic acid groups (broad SMARTS) is 1. The molecule has 164 valence electrons. The molecule has 2 N–H and O–H groups in total. The van der Waals surface area contributed by atoms with Crippen LogP contribution in [0.1, 0.15) is 39.7 Å². The van der Waals surface area contributed by atoms with Gasteiger partial charge in [0.15, 0.2) is 0 Å². The number of carboxylic acids is 1. The number of hydrogen-bond donors (Lipinski definition) is 2. The minimum absolute atomic E-state index is 0.329. The van der Waals surface area contributed by atoms with Crippen LogP contribution < -0.4 is 10.1 Å². The van der Waals surface area contributed by atoms with Gasteiger partial charge in [0.05, 0.1) is 7.11 Å². The molecule has 4 aromatic rings. The number of nitrogens with one attached hydrogen (secondary N) is 1. The maximum absolute atomic E-state index is 12.3. The predicted octanol–water partition coefficient (Wildman–Crippen LogP) is 5.25. The van der Waals surface area contributed by atoms with Crippen LogP contribution in [-0.4, -0.2) is 22.8 Å². The van der Waals surface area contributed by atoms with E-state index >= 15 is 0 Å². The van der Waals surface area contributed by atoms with Crippen LogP contribution in [0.4, 0.5) is 0 Å². The van der Waals surface area contributed by atoms with E-state index in [1.54, 1.807) is 7.11 Å². The van der Waals surface area contributed by atoms with Crippen molar-refractivity contribution in [3.8, 4) is 5.75 Å². The molecule has 5 heteroatoms. The van der Waals surface area contributed by atoms with E-state index in [2.05, 4.69) is 36.5 Å². The highest BCUT2D eigenvalue weighted by molar-refractivity contribution is 5.98. The number of aromatic nitrogens is 1. The Morgan fingerprint density at radius 3 is 2.22 bits per heavy atom. The first-order chi connectivity index (χ1) is 15.6. The summed E-state index contributed by atoms with van der Waals surface area (Å²) in [6.07, 6.45) is 1.02. The van der Waals surface area contributed by atoms with Crippen LogP contribution in [0.5, 0.6) is 5.75 Å². The summed E-state index contributed by atoms with van der Waals surface area (Å²) >= 11 is 0. The van der Waals surface area contributed by atoms with Gasteiger partial charge >= 0.3 is 5.97 Å². The Kier molecular flexibility index (Phi) is 6.57. The molecule has 5 nitrogen and oxygen atoms in total. The SMILES string of the molecule is CCc1ccc(CNCc2c(C(=O)O)n(Cc3ccc(OC)cc3)c3ccccc23)cc1. The summed E-state index contributed by atoms with van der Waals surface area (Å²) in [5.41, 5.74) is 5.57. The zero-order valence-corrected chi connectivity index (χ0v) is 18.5. The maximum atomic E-state index is 12.3. The normalized spacial score (nSPS) is 11.1. The van der Waals surface area contributed by atoms with Crippen LogP contribution in [0, 0.1) is 0 Å². The summed E-state index contributed by atoms with van der Waals surface area (Å²) in [5.74, 6) is -0.139. The molecular formula is C27H28N2O3. The Morgan fingerprint density at radius 2 is 1.56 bits per heavy atom. The van der Waals surface area contributed by atoms with Gasteiger partial charge in [0, 0.05) is 36.1 Å². The van der Waals surface area contributed by atoms with Gasteiger partial charge in [-0.3, -0.25) is 0 Å². The number of carbonyl (C=O) groups is 1. The van der Waals surface area contributed by atoms with Gasteiger partial charge in [-0.25, -0.2) is 4.79 Å². The number of ether oxygens (including phenoxy) is 1. The van der Waals surface area contributed by atoms with Gasteiger partial charge in [0.25, 0.3) is 0 Å². The molecule has 0 atom stereocenters. The maximum Gasteiger partial charge on any atom is 0.352 e. The molecule has 0 fully saturated rings. The van der Waals surface area contributed by atoms with Crippen molar-refractivity contribution in [2.24, 2.45) is 0 Å². The standard InChI is InChI=1S/C27H28N2O3/c1-3-19-8-10-20(11-9-19)16-28-17-24-23-6-4-5-7-25(23)29(26(24)27(30)31)18-21-12-14-22(32-2)15-13-21/h4-15,28H,3,16-18H2,1-2H3,(H,30,31). The minimum atomic E-state index is -0.918. The fourth-order valence-corrected chi connectivity index (χ4v) is 4.10. The third-order valence-electron chi connectivity index (χ3n) is 5.84. The first-order valence-corrected chi connectivity index (χ1v) is 10.9. The number of rotatable bonds is 9. The molecule has 1 heterocycles. The molecule has 32 heavy (non-hydrogen) atoms. The summed E-state index contributed by atoms with van der Waals surface area (Å²) in [5, 5.41) is 14.5. The van der Waals surface area contributed by atoms with Crippen LogP contribution in [0.15, 0.2) is 72.8 Å². The second kappa shape index (κ2) is 9.71. The summed E-state index contributed by atoms with van der Waals surface area (Å²) in [6.45, 7) is 3.78. The number of hydrogen-bond acceptors (Lipinski definition) is 3. The molecule has 0 aliphatic heterocycles. The van der Waals surface area contributed by atoms with E-state index in [-0.39, 0.29) is 0 Å². The molecule has 0 radical (unpaired) electrons. The van der Waals surface area contributed by atoms with E-state index < -0.39 is 5.97 Å². The molecule has 4 rings (SSSR count). The molecule has 0 unspecified atom stereocenters. The number of para-hydroxylation sites is 1. The second-order valence-corrected chi connectivity index (χ2v) is 7.86. The number of aryl methyl sites for hydroxylation is 1. The molecule has 0 spiro atoms. The monoisotopic (exact) mass is 428 g/mol. The number of nitrogens with zero attached hydrogens (tertiary/aromatic N) is 1. The highest BCUT2D eigenvalue weighted by Gasteiger charge is 2.22. The third-order valence-corrected chi connectivity index (χ3v) is 5.84. The Bertz CT molecular complexity index is 1210. The summed E-state index contributed by atoms with van der Waals surface area (Å²) < 4.78 is 7.14. The number of fused-ring (bicyclic) bond motifs is 1. The van der Waals surface area contributed by atoms with Crippen LogP contribution in [0.2, 0.25) is 0 Å². The summed E-state index contributed by atoms with van der Waals surface area (Å²) in [6, 6.07) is 24.1. The minimum Gasteiger partial charge on any atom is -0.497 e. The third kappa shape index (κ3) is 4.53. The quantitative estimate of drug-likeness (QED) is 0.382. The van der Waals surface area contributed by atoms with Gasteiger partial charge in [0.2, 0.25) is 0 Å². The van der Waals surface area contributed by atoms with Crippen LogP contribution in [0.25, 0.3) is 10.9 Å². The molecular weight excluding hydrogens is 400 g/mol. The lowest BCUT2D eigenvalue weighted by Crippen LogP contribution is -2.17. The van der Waals surface area contributed by atoms with Gasteiger partial charge < -0.3 is 19.7 Å². The van der Waals surface area contributed by atoms with E-state index in [4.69, 9.17) is 4.74 Å². The fraction of sp³-hybridized carbons (Fsp3) is 0.222. The van der Waals surface area contributed by atoms with E-state index in [0.717, 1.165) is 34.2 Å². The van der Waals surface area contributed by atoms with Crippen LogP contribution in [0.3, 0.4) is 0 Å². The predicted molar refractivity (Wildman–Crippen MR) is 127 cm³/mol. The highest BCUT2D eigenvalue weighted by atomic mass is 16.5. The first kappa shape index (κ1) is 21.7. The van der Waals surface area contributed by atoms with Gasteiger partial charge in [-0.15, -0.1) is 0 Å². The molecule has 0 saturated carbocycles. The highest BCUT2D eigenvalue weighted by Crippen LogP contribution is 2.28. The number of methoxy groups -OCH3 is 1. The van der Waals surface area contributed by atoms with E-state index in [0.29, 0.717) is 25.3 Å². The Labute approximate surface area is 188 Å². The summed E-state index contributed by atoms with van der Waals surface area (Å²) in [7, 11) is 1.63. The Morgan fingerprint density at radius 1 is 0.906 bits per heavy atom. The molecule has 0 amide bonds. The van der Waals surface area contributed by atoms with Crippen molar-refractivity contribution in [1.82, 2.24) is 9.88 Å². The van der Waals surface area contributed by atoms with Crippen molar-refractivity contribution in [2.45, 2.75) is 33.0 Å². The van der Waals surface area contributed by atoms with E-state index in [9.17, 15) is 9.90 Å². The van der Waals surface area contributed by atoms with Crippen molar-refractivity contribution >= 4 is 16.9 Å². The lowest BCUT2D eigenvalue weighted by Gasteiger charge is -2.11. The van der Waals surface area contributed by atoms with Crippen LogP contribution in [-0.2, 0) is 26.1 Å². The molecule has 0 saturated heterocycles. The van der Waals surface area contributed by atoms with E-state index in [1.165, 1.54) is 11.1 Å². The first-order valence-electron chi connectivity index (χ1n) is 10.9. The average Bonchev–Trinajstić information content (AvgIpc) is 3.13. The van der Waals surface area contributed by atoms with Crippen molar-refractivity contribution in [3.63, 3.8) is 0 Å². The molecule has 0 aliphatic rings. The van der Waals surface area contributed by atoms with Gasteiger partial charge in [-0.1, -0.05) is 61.5 Å². The van der Waals surface area contributed by atoms with Gasteiger partial charge in [-0.2, -0.15) is 0 Å². The van der Waals surface area contributed by atoms with E-state index in [1.807, 2.05) is 53.1 Å².